The molecule has 0 aliphatic rings. The first-order valence-corrected chi connectivity index (χ1v) is 15.7. The first kappa shape index (κ1) is 35.6. The fraction of sp³-hybridized carbons (Fsp3) is 0.788. The zero-order chi connectivity index (χ0) is 27.2. The molecule has 3 N–H and O–H groups in total. The Morgan fingerprint density at radius 2 is 1.05 bits per heavy atom. The summed E-state index contributed by atoms with van der Waals surface area (Å²) in [4.78, 5) is 12.2. The highest BCUT2D eigenvalue weighted by Crippen LogP contribution is 2.10. The van der Waals surface area contributed by atoms with E-state index in [-0.39, 0.29) is 12.5 Å². The molecule has 0 aromatic heterocycles. The fourth-order valence-electron chi connectivity index (χ4n) is 4.36. The minimum Gasteiger partial charge on any atom is -0.394 e. The van der Waals surface area contributed by atoms with Crippen LogP contribution in [0.15, 0.2) is 36.5 Å². The van der Waals surface area contributed by atoms with E-state index in [9.17, 15) is 15.0 Å². The fourth-order valence-corrected chi connectivity index (χ4v) is 4.36. The van der Waals surface area contributed by atoms with Crippen molar-refractivity contribution < 1.29 is 15.0 Å². The van der Waals surface area contributed by atoms with Crippen LogP contribution in [0.4, 0.5) is 0 Å². The van der Waals surface area contributed by atoms with Crippen LogP contribution in [-0.2, 0) is 4.79 Å². The van der Waals surface area contributed by atoms with E-state index in [0.717, 1.165) is 44.9 Å². The molecule has 0 bridgehead atoms. The Balaban J connectivity index is 3.72. The molecule has 0 aliphatic heterocycles. The normalized spacial score (nSPS) is 13.7. The molecule has 0 heterocycles. The molecule has 0 spiro atoms. The van der Waals surface area contributed by atoms with E-state index < -0.39 is 12.1 Å². The third kappa shape index (κ3) is 26.0. The van der Waals surface area contributed by atoms with Gasteiger partial charge in [-0.3, -0.25) is 4.79 Å². The highest BCUT2D eigenvalue weighted by Gasteiger charge is 2.17. The van der Waals surface area contributed by atoms with Crippen LogP contribution < -0.4 is 5.32 Å². The minimum absolute atomic E-state index is 0.0878. The number of hydrogen-bond acceptors (Lipinski definition) is 3. The van der Waals surface area contributed by atoms with Crippen molar-refractivity contribution >= 4 is 5.91 Å². The van der Waals surface area contributed by atoms with Crippen LogP contribution in [0, 0.1) is 0 Å². The van der Waals surface area contributed by atoms with Gasteiger partial charge in [-0.25, -0.2) is 0 Å². The van der Waals surface area contributed by atoms with Crippen molar-refractivity contribution in [3.05, 3.63) is 36.5 Å². The number of aliphatic hydroxyl groups is 2. The van der Waals surface area contributed by atoms with E-state index in [1.807, 2.05) is 6.08 Å². The maximum atomic E-state index is 12.2. The van der Waals surface area contributed by atoms with Crippen LogP contribution in [-0.4, -0.2) is 34.9 Å². The smallest absolute Gasteiger partial charge is 0.220 e. The second-order valence-electron chi connectivity index (χ2n) is 10.5. The third-order valence-electron chi connectivity index (χ3n) is 6.85. The number of hydrogen-bond donors (Lipinski definition) is 3. The zero-order valence-electron chi connectivity index (χ0n) is 24.5. The number of rotatable bonds is 27. The standard InChI is InChI=1S/C33H61NO3/c1-3-5-7-9-11-13-15-16-17-18-19-21-23-25-27-29-33(37)34-31(30-35)32(36)28-26-24-22-20-14-12-10-8-6-4-2/h14,16-17,20,26,28,31-32,35-36H,3-13,15,18-19,21-25,27,29-30H2,1-2H3,(H,34,37)/b17-16+,20-14+,28-26+/t31-,32+/m0/s1. The van der Waals surface area contributed by atoms with E-state index in [2.05, 4.69) is 43.5 Å². The number of carbonyl (C=O) groups excluding carboxylic acids is 1. The van der Waals surface area contributed by atoms with Crippen LogP contribution in [0.25, 0.3) is 0 Å². The monoisotopic (exact) mass is 519 g/mol. The molecule has 216 valence electrons. The SMILES string of the molecule is CCCCCC/C=C/CC/C=C/[C@@H](O)[C@H](CO)NC(=O)CCCCCCC/C=C/CCCCCCCC. The van der Waals surface area contributed by atoms with Crippen LogP contribution in [0.5, 0.6) is 0 Å². The van der Waals surface area contributed by atoms with Gasteiger partial charge >= 0.3 is 0 Å². The van der Waals surface area contributed by atoms with E-state index >= 15 is 0 Å². The molecular weight excluding hydrogens is 458 g/mol. The largest absolute Gasteiger partial charge is 0.394 e. The topological polar surface area (TPSA) is 69.6 Å². The molecule has 4 heteroatoms. The molecule has 0 aliphatic carbocycles. The Kier molecular flexibility index (Phi) is 28.1. The number of nitrogens with one attached hydrogen (secondary N) is 1. The number of aliphatic hydroxyl groups excluding tert-OH is 2. The Morgan fingerprint density at radius 3 is 1.59 bits per heavy atom. The van der Waals surface area contributed by atoms with Gasteiger partial charge in [-0.05, 0) is 57.8 Å². The van der Waals surface area contributed by atoms with E-state index in [1.54, 1.807) is 6.08 Å². The van der Waals surface area contributed by atoms with Crippen molar-refractivity contribution in [1.82, 2.24) is 5.32 Å². The van der Waals surface area contributed by atoms with Gasteiger partial charge in [0.05, 0.1) is 18.8 Å². The average Bonchev–Trinajstić information content (AvgIpc) is 2.90. The maximum absolute atomic E-state index is 12.2. The van der Waals surface area contributed by atoms with Crippen molar-refractivity contribution in [2.75, 3.05) is 6.61 Å². The molecule has 0 unspecified atom stereocenters. The van der Waals surface area contributed by atoms with Crippen molar-refractivity contribution in [1.29, 1.82) is 0 Å². The number of amides is 1. The molecule has 0 aromatic carbocycles. The van der Waals surface area contributed by atoms with Gasteiger partial charge in [-0.2, -0.15) is 0 Å². The van der Waals surface area contributed by atoms with Gasteiger partial charge < -0.3 is 15.5 Å². The lowest BCUT2D eigenvalue weighted by Crippen LogP contribution is -2.45. The van der Waals surface area contributed by atoms with Crippen LogP contribution in [0.2, 0.25) is 0 Å². The van der Waals surface area contributed by atoms with Crippen molar-refractivity contribution in [3.8, 4) is 0 Å². The number of unbranched alkanes of at least 4 members (excludes halogenated alkanes) is 16. The molecule has 4 nitrogen and oxygen atoms in total. The summed E-state index contributed by atoms with van der Waals surface area (Å²) in [6.07, 6.45) is 36.4. The quantitative estimate of drug-likeness (QED) is 0.0750. The Hall–Kier alpha value is -1.39. The molecule has 0 rings (SSSR count). The Bertz CT molecular complexity index is 570. The summed E-state index contributed by atoms with van der Waals surface area (Å²) < 4.78 is 0. The zero-order valence-corrected chi connectivity index (χ0v) is 24.5. The molecular formula is C33H61NO3. The molecule has 2 atom stereocenters. The molecule has 37 heavy (non-hydrogen) atoms. The second kappa shape index (κ2) is 29.2. The summed E-state index contributed by atoms with van der Waals surface area (Å²) in [6, 6.07) is -0.638. The molecule has 0 saturated carbocycles. The van der Waals surface area contributed by atoms with Crippen molar-refractivity contribution in [3.63, 3.8) is 0 Å². The Morgan fingerprint density at radius 1 is 0.622 bits per heavy atom. The predicted octanol–water partition coefficient (Wildman–Crippen LogP) is 8.72. The molecule has 0 aromatic rings. The minimum atomic E-state index is -0.860. The van der Waals surface area contributed by atoms with Crippen LogP contribution in [0.1, 0.15) is 149 Å². The van der Waals surface area contributed by atoms with E-state index in [4.69, 9.17) is 0 Å². The lowest BCUT2D eigenvalue weighted by Gasteiger charge is -2.19. The van der Waals surface area contributed by atoms with Crippen molar-refractivity contribution in [2.24, 2.45) is 0 Å². The Labute approximate surface area is 230 Å². The van der Waals surface area contributed by atoms with E-state index in [1.165, 1.54) is 83.5 Å². The van der Waals surface area contributed by atoms with Gasteiger partial charge in [0, 0.05) is 6.42 Å². The molecule has 0 fully saturated rings. The molecule has 0 radical (unpaired) electrons. The van der Waals surface area contributed by atoms with Gasteiger partial charge in [0.1, 0.15) is 0 Å². The third-order valence-corrected chi connectivity index (χ3v) is 6.85. The highest BCUT2D eigenvalue weighted by atomic mass is 16.3. The summed E-state index contributed by atoms with van der Waals surface area (Å²) in [5.41, 5.74) is 0. The molecule has 1 amide bonds. The summed E-state index contributed by atoms with van der Waals surface area (Å²) in [6.45, 7) is 4.22. The molecule has 0 saturated heterocycles. The summed E-state index contributed by atoms with van der Waals surface area (Å²) in [5, 5.41) is 22.7. The van der Waals surface area contributed by atoms with Crippen LogP contribution in [0.3, 0.4) is 0 Å². The lowest BCUT2D eigenvalue weighted by atomic mass is 10.1. The van der Waals surface area contributed by atoms with Gasteiger partial charge in [-0.15, -0.1) is 0 Å². The first-order valence-electron chi connectivity index (χ1n) is 15.7. The van der Waals surface area contributed by atoms with Gasteiger partial charge in [0.25, 0.3) is 0 Å². The number of carbonyl (C=O) groups is 1. The van der Waals surface area contributed by atoms with E-state index in [0.29, 0.717) is 6.42 Å². The van der Waals surface area contributed by atoms with Crippen LogP contribution >= 0.6 is 0 Å². The van der Waals surface area contributed by atoms with Gasteiger partial charge in [0.15, 0.2) is 0 Å². The van der Waals surface area contributed by atoms with Crippen molar-refractivity contribution in [2.45, 2.75) is 161 Å². The lowest BCUT2D eigenvalue weighted by molar-refractivity contribution is -0.123. The van der Waals surface area contributed by atoms with Gasteiger partial charge in [-0.1, -0.05) is 121 Å². The van der Waals surface area contributed by atoms with Gasteiger partial charge in [0.2, 0.25) is 5.91 Å². The number of allylic oxidation sites excluding steroid dienone is 5. The second-order valence-corrected chi connectivity index (χ2v) is 10.5. The summed E-state index contributed by atoms with van der Waals surface area (Å²) in [5.74, 6) is -0.0878. The predicted molar refractivity (Wildman–Crippen MR) is 161 cm³/mol. The first-order chi connectivity index (χ1) is 18.2. The summed E-state index contributed by atoms with van der Waals surface area (Å²) in [7, 11) is 0. The maximum Gasteiger partial charge on any atom is 0.220 e. The highest BCUT2D eigenvalue weighted by molar-refractivity contribution is 5.76. The summed E-state index contributed by atoms with van der Waals surface area (Å²) >= 11 is 0. The average molecular weight is 520 g/mol.